The Bertz CT molecular complexity index is 562. The molecule has 1 aromatic rings. The number of anilines is 1. The summed E-state index contributed by atoms with van der Waals surface area (Å²) in [6.45, 7) is 7.51. The molecule has 0 saturated carbocycles. The zero-order valence-electron chi connectivity index (χ0n) is 14.5. The van der Waals surface area contributed by atoms with Crippen LogP contribution in [0.3, 0.4) is 0 Å². The Kier molecular flexibility index (Phi) is 5.36. The van der Waals surface area contributed by atoms with Gasteiger partial charge in [-0.25, -0.2) is 4.79 Å². The Hall–Kier alpha value is -1.95. The van der Waals surface area contributed by atoms with Crippen LogP contribution in [-0.2, 0) is 11.2 Å². The molecule has 0 atom stereocenters. The van der Waals surface area contributed by atoms with Crippen LogP contribution in [0.2, 0.25) is 0 Å². The molecule has 1 fully saturated rings. The molecule has 6 heteroatoms. The topological polar surface area (TPSA) is 68.8 Å². The Labute approximate surface area is 137 Å². The molecular weight excluding hydrogens is 296 g/mol. The van der Waals surface area contributed by atoms with E-state index in [-0.39, 0.29) is 0 Å². The fraction of sp³-hybridized carbons (Fsp3) is 0.588. The predicted octanol–water partition coefficient (Wildman–Crippen LogP) is 2.81. The van der Waals surface area contributed by atoms with E-state index in [1.54, 1.807) is 14.2 Å². The van der Waals surface area contributed by atoms with Crippen LogP contribution in [0.4, 0.5) is 10.5 Å². The second-order valence-electron chi connectivity index (χ2n) is 6.73. The van der Waals surface area contributed by atoms with Crippen molar-refractivity contribution in [2.75, 3.05) is 32.6 Å². The van der Waals surface area contributed by atoms with Crippen LogP contribution in [0, 0.1) is 5.92 Å². The Balaban J connectivity index is 2.23. The summed E-state index contributed by atoms with van der Waals surface area (Å²) < 4.78 is 16.1. The summed E-state index contributed by atoms with van der Waals surface area (Å²) >= 11 is 0. The molecule has 0 spiro atoms. The van der Waals surface area contributed by atoms with Crippen molar-refractivity contribution in [3.63, 3.8) is 0 Å². The highest BCUT2D eigenvalue weighted by molar-refractivity contribution is 5.88. The van der Waals surface area contributed by atoms with Gasteiger partial charge in [-0.15, -0.1) is 0 Å². The molecule has 6 nitrogen and oxygen atoms in total. The standard InChI is InChI=1S/C17H26N2O4/c1-17(2,3)23-16(20)19-13-7-11(6-12-9-18-10-12)8-14(21-4)15(13)22-5/h7-8,12,18H,6,9-10H2,1-5H3,(H,19,20). The first kappa shape index (κ1) is 17.4. The van der Waals surface area contributed by atoms with Gasteiger partial charge in [0.25, 0.3) is 0 Å². The number of hydrogen-bond acceptors (Lipinski definition) is 5. The Morgan fingerprint density at radius 1 is 1.26 bits per heavy atom. The van der Waals surface area contributed by atoms with Gasteiger partial charge in [-0.2, -0.15) is 0 Å². The van der Waals surface area contributed by atoms with E-state index in [0.29, 0.717) is 23.1 Å². The predicted molar refractivity (Wildman–Crippen MR) is 89.5 cm³/mol. The van der Waals surface area contributed by atoms with Crippen molar-refractivity contribution >= 4 is 11.8 Å². The third-order valence-electron chi connectivity index (χ3n) is 3.56. The van der Waals surface area contributed by atoms with Crippen molar-refractivity contribution in [1.29, 1.82) is 0 Å². The van der Waals surface area contributed by atoms with Gasteiger partial charge in [0.1, 0.15) is 5.60 Å². The number of carbonyl (C=O) groups excluding carboxylic acids is 1. The molecule has 0 aliphatic carbocycles. The molecule has 1 aliphatic heterocycles. The van der Waals surface area contributed by atoms with Crippen molar-refractivity contribution in [3.05, 3.63) is 17.7 Å². The van der Waals surface area contributed by atoms with Crippen LogP contribution in [0.5, 0.6) is 11.5 Å². The summed E-state index contributed by atoms with van der Waals surface area (Å²) in [6, 6.07) is 3.88. The largest absolute Gasteiger partial charge is 0.493 e. The van der Waals surface area contributed by atoms with Gasteiger partial charge in [-0.3, -0.25) is 5.32 Å². The monoisotopic (exact) mass is 322 g/mol. The molecule has 0 bridgehead atoms. The highest BCUT2D eigenvalue weighted by Gasteiger charge is 2.22. The first-order chi connectivity index (χ1) is 10.8. The lowest BCUT2D eigenvalue weighted by Crippen LogP contribution is -2.43. The van der Waals surface area contributed by atoms with Gasteiger partial charge >= 0.3 is 6.09 Å². The molecule has 0 unspecified atom stereocenters. The van der Waals surface area contributed by atoms with Crippen LogP contribution in [0.25, 0.3) is 0 Å². The van der Waals surface area contributed by atoms with E-state index < -0.39 is 11.7 Å². The fourth-order valence-corrected chi connectivity index (χ4v) is 2.47. The quantitative estimate of drug-likeness (QED) is 0.872. The molecule has 2 N–H and O–H groups in total. The van der Waals surface area contributed by atoms with Gasteiger partial charge in [0.05, 0.1) is 19.9 Å². The van der Waals surface area contributed by atoms with Gasteiger partial charge in [-0.1, -0.05) is 0 Å². The van der Waals surface area contributed by atoms with Gasteiger partial charge in [0.2, 0.25) is 0 Å². The SMILES string of the molecule is COc1cc(CC2CNC2)cc(NC(=O)OC(C)(C)C)c1OC. The molecule has 1 heterocycles. The van der Waals surface area contributed by atoms with E-state index in [1.165, 1.54) is 0 Å². The normalized spacial score (nSPS) is 14.8. The summed E-state index contributed by atoms with van der Waals surface area (Å²) in [5.74, 6) is 1.71. The molecule has 1 aliphatic rings. The molecule has 23 heavy (non-hydrogen) atoms. The van der Waals surface area contributed by atoms with Crippen molar-refractivity contribution in [2.45, 2.75) is 32.8 Å². The molecular formula is C17H26N2O4. The fourth-order valence-electron chi connectivity index (χ4n) is 2.47. The summed E-state index contributed by atoms with van der Waals surface area (Å²) in [5, 5.41) is 6.02. The lowest BCUT2D eigenvalue weighted by atomic mass is 9.94. The minimum absolute atomic E-state index is 0.494. The van der Waals surface area contributed by atoms with E-state index in [4.69, 9.17) is 14.2 Å². The van der Waals surface area contributed by atoms with E-state index in [2.05, 4.69) is 10.6 Å². The lowest BCUT2D eigenvalue weighted by molar-refractivity contribution is 0.0635. The number of rotatable bonds is 5. The van der Waals surface area contributed by atoms with E-state index in [9.17, 15) is 4.79 Å². The third kappa shape index (κ3) is 4.76. The Morgan fingerprint density at radius 2 is 1.96 bits per heavy atom. The zero-order chi connectivity index (χ0) is 17.0. The van der Waals surface area contributed by atoms with Gasteiger partial charge in [0.15, 0.2) is 11.5 Å². The van der Waals surface area contributed by atoms with Crippen molar-refractivity contribution in [3.8, 4) is 11.5 Å². The molecule has 128 valence electrons. The number of benzene rings is 1. The van der Waals surface area contributed by atoms with Crippen LogP contribution >= 0.6 is 0 Å². The van der Waals surface area contributed by atoms with E-state index in [0.717, 1.165) is 25.1 Å². The maximum Gasteiger partial charge on any atom is 0.412 e. The number of methoxy groups -OCH3 is 2. The van der Waals surface area contributed by atoms with Crippen LogP contribution in [0.1, 0.15) is 26.3 Å². The van der Waals surface area contributed by atoms with Crippen LogP contribution < -0.4 is 20.1 Å². The van der Waals surface area contributed by atoms with E-state index >= 15 is 0 Å². The van der Waals surface area contributed by atoms with Gasteiger partial charge in [-0.05, 0) is 63.9 Å². The maximum absolute atomic E-state index is 12.1. The number of hydrogen-bond donors (Lipinski definition) is 2. The second kappa shape index (κ2) is 7.08. The smallest absolute Gasteiger partial charge is 0.412 e. The average Bonchev–Trinajstić information content (AvgIpc) is 2.40. The summed E-state index contributed by atoms with van der Waals surface area (Å²) in [5.41, 5.74) is 1.10. The summed E-state index contributed by atoms with van der Waals surface area (Å²) in [7, 11) is 3.14. The number of amides is 1. The Morgan fingerprint density at radius 3 is 2.43 bits per heavy atom. The van der Waals surface area contributed by atoms with Crippen LogP contribution in [0.15, 0.2) is 12.1 Å². The zero-order valence-corrected chi connectivity index (χ0v) is 14.5. The second-order valence-corrected chi connectivity index (χ2v) is 6.73. The molecule has 1 saturated heterocycles. The maximum atomic E-state index is 12.1. The van der Waals surface area contributed by atoms with E-state index in [1.807, 2.05) is 32.9 Å². The molecule has 0 radical (unpaired) electrons. The molecule has 2 rings (SSSR count). The molecule has 1 amide bonds. The highest BCUT2D eigenvalue weighted by Crippen LogP contribution is 2.37. The minimum Gasteiger partial charge on any atom is -0.493 e. The number of carbonyl (C=O) groups is 1. The molecule has 0 aromatic heterocycles. The van der Waals surface area contributed by atoms with Crippen molar-refractivity contribution in [1.82, 2.24) is 5.32 Å². The highest BCUT2D eigenvalue weighted by atomic mass is 16.6. The average molecular weight is 322 g/mol. The lowest BCUT2D eigenvalue weighted by Gasteiger charge is -2.27. The van der Waals surface area contributed by atoms with Gasteiger partial charge in [0, 0.05) is 0 Å². The minimum atomic E-state index is -0.559. The number of ether oxygens (including phenoxy) is 3. The van der Waals surface area contributed by atoms with Crippen molar-refractivity contribution < 1.29 is 19.0 Å². The van der Waals surface area contributed by atoms with Crippen molar-refractivity contribution in [2.24, 2.45) is 5.92 Å². The third-order valence-corrected chi connectivity index (χ3v) is 3.56. The molecule has 1 aromatic carbocycles. The summed E-state index contributed by atoms with van der Waals surface area (Å²) in [4.78, 5) is 12.1. The van der Waals surface area contributed by atoms with Gasteiger partial charge < -0.3 is 19.5 Å². The number of nitrogens with one attached hydrogen (secondary N) is 2. The first-order valence-electron chi connectivity index (χ1n) is 7.78. The first-order valence-corrected chi connectivity index (χ1v) is 7.78. The summed E-state index contributed by atoms with van der Waals surface area (Å²) in [6.07, 6.45) is 0.413. The van der Waals surface area contributed by atoms with Crippen LogP contribution in [-0.4, -0.2) is 39.0 Å².